The van der Waals surface area contributed by atoms with Crippen LogP contribution in [0.2, 0.25) is 0 Å². The minimum Gasteiger partial charge on any atom is -0.360 e. The van der Waals surface area contributed by atoms with Gasteiger partial charge < -0.3 is 10.3 Å². The van der Waals surface area contributed by atoms with Gasteiger partial charge in [-0.25, -0.2) is 0 Å². The zero-order valence-corrected chi connectivity index (χ0v) is 19.8. The van der Waals surface area contributed by atoms with Crippen LogP contribution in [0.5, 0.6) is 0 Å². The number of H-pyrrole nitrogens is 1. The Labute approximate surface area is 202 Å². The molecule has 0 spiro atoms. The van der Waals surface area contributed by atoms with Crippen molar-refractivity contribution in [3.8, 4) is 17.1 Å². The fourth-order valence-corrected chi connectivity index (χ4v) is 4.80. The molecule has 0 aliphatic rings. The average Bonchev–Trinajstić information content (AvgIpc) is 3.47. The summed E-state index contributed by atoms with van der Waals surface area (Å²) < 4.78 is 2.03. The lowest BCUT2D eigenvalue weighted by atomic mass is 10.1. The first-order chi connectivity index (χ1) is 16.6. The van der Waals surface area contributed by atoms with Gasteiger partial charge in [-0.1, -0.05) is 72.4 Å². The van der Waals surface area contributed by atoms with Gasteiger partial charge in [0.1, 0.15) is 0 Å². The molecule has 3 aromatic carbocycles. The molecular weight excluding hydrogens is 442 g/mol. The molecule has 0 fully saturated rings. The molecule has 7 heteroatoms. The molecule has 0 bridgehead atoms. The molecule has 0 saturated carbocycles. The molecule has 6 nitrogen and oxygen atoms in total. The van der Waals surface area contributed by atoms with Gasteiger partial charge in [-0.15, -0.1) is 10.2 Å². The first kappa shape index (κ1) is 22.0. The van der Waals surface area contributed by atoms with E-state index in [0.29, 0.717) is 5.16 Å². The van der Waals surface area contributed by atoms with E-state index in [9.17, 15) is 4.79 Å². The summed E-state index contributed by atoms with van der Waals surface area (Å²) in [6, 6.07) is 26.2. The van der Waals surface area contributed by atoms with Crippen molar-refractivity contribution in [2.75, 3.05) is 5.75 Å². The number of hydrogen-bond acceptors (Lipinski definition) is 4. The summed E-state index contributed by atoms with van der Waals surface area (Å²) in [5.41, 5.74) is 5.19. The third kappa shape index (κ3) is 4.47. The monoisotopic (exact) mass is 467 g/mol. The van der Waals surface area contributed by atoms with Crippen molar-refractivity contribution in [1.29, 1.82) is 0 Å². The predicted octanol–water partition coefficient (Wildman–Crippen LogP) is 5.69. The second kappa shape index (κ2) is 9.57. The molecule has 1 atom stereocenters. The number of aromatic amines is 1. The summed E-state index contributed by atoms with van der Waals surface area (Å²) in [4.78, 5) is 16.0. The fraction of sp³-hybridized carbons (Fsp3) is 0.148. The first-order valence-corrected chi connectivity index (χ1v) is 12.1. The number of nitrogens with zero attached hydrogens (tertiary/aromatic N) is 3. The van der Waals surface area contributed by atoms with Gasteiger partial charge in [0, 0.05) is 28.4 Å². The van der Waals surface area contributed by atoms with E-state index in [2.05, 4.69) is 45.6 Å². The summed E-state index contributed by atoms with van der Waals surface area (Å²) in [6.07, 6.45) is 1.96. The standard InChI is InChI=1S/C27H25N5OS/c1-18-9-8-12-21(15-18)32-26(23-16-28-24-14-7-6-13-22(23)24)30-31-27(32)34-17-25(33)29-19(2)20-10-4-3-5-11-20/h3-16,19,28H,17H2,1-2H3,(H,29,33). The van der Waals surface area contributed by atoms with Gasteiger partial charge in [0.05, 0.1) is 11.8 Å². The molecule has 0 aliphatic heterocycles. The predicted molar refractivity (Wildman–Crippen MR) is 137 cm³/mol. The Hall–Kier alpha value is -3.84. The second-order valence-electron chi connectivity index (χ2n) is 8.22. The number of benzene rings is 3. The highest BCUT2D eigenvalue weighted by Gasteiger charge is 2.20. The maximum atomic E-state index is 12.7. The number of carbonyl (C=O) groups excluding carboxylic acids is 1. The topological polar surface area (TPSA) is 75.6 Å². The van der Waals surface area contributed by atoms with Crippen molar-refractivity contribution < 1.29 is 4.79 Å². The van der Waals surface area contributed by atoms with Gasteiger partial charge in [0.2, 0.25) is 5.91 Å². The normalized spacial score (nSPS) is 12.1. The molecule has 0 radical (unpaired) electrons. The molecule has 2 aromatic heterocycles. The third-order valence-electron chi connectivity index (χ3n) is 5.73. The minimum atomic E-state index is -0.0641. The molecular formula is C27H25N5OS. The molecule has 34 heavy (non-hydrogen) atoms. The van der Waals surface area contributed by atoms with Gasteiger partial charge >= 0.3 is 0 Å². The van der Waals surface area contributed by atoms with Gasteiger partial charge in [0.15, 0.2) is 11.0 Å². The van der Waals surface area contributed by atoms with Crippen LogP contribution in [0.15, 0.2) is 90.2 Å². The molecule has 2 N–H and O–H groups in total. The lowest BCUT2D eigenvalue weighted by Crippen LogP contribution is -2.28. The number of thioether (sulfide) groups is 1. The number of rotatable bonds is 7. The van der Waals surface area contributed by atoms with Crippen LogP contribution in [-0.2, 0) is 4.79 Å². The van der Waals surface area contributed by atoms with Crippen molar-refractivity contribution in [2.24, 2.45) is 0 Å². The van der Waals surface area contributed by atoms with Crippen LogP contribution in [0.1, 0.15) is 24.1 Å². The van der Waals surface area contributed by atoms with Crippen molar-refractivity contribution in [3.63, 3.8) is 0 Å². The van der Waals surface area contributed by atoms with E-state index < -0.39 is 0 Å². The van der Waals surface area contributed by atoms with Gasteiger partial charge in [0.25, 0.3) is 0 Å². The maximum absolute atomic E-state index is 12.7. The van der Waals surface area contributed by atoms with E-state index in [4.69, 9.17) is 0 Å². The number of carbonyl (C=O) groups is 1. The lowest BCUT2D eigenvalue weighted by molar-refractivity contribution is -0.119. The number of hydrogen-bond donors (Lipinski definition) is 2. The molecule has 5 rings (SSSR count). The molecule has 170 valence electrons. The Balaban J connectivity index is 1.44. The lowest BCUT2D eigenvalue weighted by Gasteiger charge is -2.14. The van der Waals surface area contributed by atoms with Gasteiger partial charge in [-0.05, 0) is 43.2 Å². The molecule has 0 saturated heterocycles. The minimum absolute atomic E-state index is 0.0474. The Bertz CT molecular complexity index is 1440. The highest BCUT2D eigenvalue weighted by molar-refractivity contribution is 7.99. The summed E-state index contributed by atoms with van der Waals surface area (Å²) in [7, 11) is 0. The van der Waals surface area contributed by atoms with E-state index in [1.807, 2.05) is 78.4 Å². The van der Waals surface area contributed by atoms with Gasteiger partial charge in [-0.2, -0.15) is 0 Å². The van der Waals surface area contributed by atoms with Crippen LogP contribution in [-0.4, -0.2) is 31.4 Å². The summed E-state index contributed by atoms with van der Waals surface area (Å²) in [6.45, 7) is 4.05. The van der Waals surface area contributed by atoms with E-state index in [1.54, 1.807) is 0 Å². The number of nitrogens with one attached hydrogen (secondary N) is 2. The molecule has 1 amide bonds. The van der Waals surface area contributed by atoms with Crippen molar-refractivity contribution in [3.05, 3.63) is 96.2 Å². The van der Waals surface area contributed by atoms with Crippen LogP contribution in [0.25, 0.3) is 28.0 Å². The Morgan fingerprint density at radius 1 is 1.03 bits per heavy atom. The van der Waals surface area contributed by atoms with Crippen LogP contribution in [0, 0.1) is 6.92 Å². The average molecular weight is 468 g/mol. The van der Waals surface area contributed by atoms with Crippen LogP contribution < -0.4 is 5.32 Å². The Morgan fingerprint density at radius 2 is 1.82 bits per heavy atom. The zero-order valence-electron chi connectivity index (χ0n) is 19.0. The Kier molecular flexibility index (Phi) is 6.18. The highest BCUT2D eigenvalue weighted by Crippen LogP contribution is 2.32. The van der Waals surface area contributed by atoms with Crippen molar-refractivity contribution >= 4 is 28.6 Å². The van der Waals surface area contributed by atoms with Crippen LogP contribution in [0.3, 0.4) is 0 Å². The fourth-order valence-electron chi connectivity index (χ4n) is 4.03. The number of fused-ring (bicyclic) bond motifs is 1. The van der Waals surface area contributed by atoms with Crippen molar-refractivity contribution in [2.45, 2.75) is 25.0 Å². The molecule has 1 unspecified atom stereocenters. The Morgan fingerprint density at radius 3 is 2.65 bits per heavy atom. The first-order valence-electron chi connectivity index (χ1n) is 11.2. The van der Waals surface area contributed by atoms with E-state index >= 15 is 0 Å². The van der Waals surface area contributed by atoms with Crippen LogP contribution in [0.4, 0.5) is 0 Å². The van der Waals surface area contributed by atoms with Gasteiger partial charge in [-0.3, -0.25) is 9.36 Å². The largest absolute Gasteiger partial charge is 0.360 e. The van der Waals surface area contributed by atoms with E-state index in [1.165, 1.54) is 11.8 Å². The molecule has 2 heterocycles. The van der Waals surface area contributed by atoms with Crippen molar-refractivity contribution in [1.82, 2.24) is 25.1 Å². The summed E-state index contributed by atoms with van der Waals surface area (Å²) in [5, 5.41) is 13.8. The highest BCUT2D eigenvalue weighted by atomic mass is 32.2. The van der Waals surface area contributed by atoms with Crippen LogP contribution >= 0.6 is 11.8 Å². The third-order valence-corrected chi connectivity index (χ3v) is 6.66. The number of amides is 1. The molecule has 5 aromatic rings. The second-order valence-corrected chi connectivity index (χ2v) is 9.16. The molecule has 0 aliphatic carbocycles. The quantitative estimate of drug-likeness (QED) is 0.301. The number of aromatic nitrogens is 4. The SMILES string of the molecule is Cc1cccc(-n2c(SCC(=O)NC(C)c3ccccc3)nnc2-c2c[nH]c3ccccc23)c1. The maximum Gasteiger partial charge on any atom is 0.230 e. The summed E-state index contributed by atoms with van der Waals surface area (Å²) >= 11 is 1.38. The van der Waals surface area contributed by atoms with E-state index in [0.717, 1.165) is 39.1 Å². The zero-order chi connectivity index (χ0) is 23.5. The smallest absolute Gasteiger partial charge is 0.230 e. The number of aryl methyl sites for hydroxylation is 1. The van der Waals surface area contributed by atoms with E-state index in [-0.39, 0.29) is 17.7 Å². The summed E-state index contributed by atoms with van der Waals surface area (Å²) in [5.74, 6) is 0.937. The number of para-hydroxylation sites is 1.